The number of benzene rings is 1. The average molecular weight is 539 g/mol. The molecule has 1 saturated carbocycles. The van der Waals surface area contributed by atoms with E-state index in [9.17, 15) is 22.8 Å². The molecule has 0 spiro atoms. The van der Waals surface area contributed by atoms with Crippen molar-refractivity contribution in [3.8, 4) is 10.9 Å². The number of thiazole rings is 1. The second-order valence-electron chi connectivity index (χ2n) is 8.11. The van der Waals surface area contributed by atoms with Gasteiger partial charge in [-0.1, -0.05) is 25.2 Å². The molecule has 2 aromatic heterocycles. The number of carbonyl (C=O) groups is 2. The van der Waals surface area contributed by atoms with Crippen LogP contribution in [-0.4, -0.2) is 56.4 Å². The van der Waals surface area contributed by atoms with Gasteiger partial charge in [0.25, 0.3) is 11.8 Å². The molecule has 0 aliphatic heterocycles. The number of ether oxygens (including phenoxy) is 1. The lowest BCUT2D eigenvalue weighted by atomic mass is 10.1. The number of aromatic nitrogens is 4. The molecular formula is C24H29F3N6O3S. The van der Waals surface area contributed by atoms with Gasteiger partial charge in [0.1, 0.15) is 16.5 Å². The third kappa shape index (κ3) is 7.28. The molecule has 0 bridgehead atoms. The van der Waals surface area contributed by atoms with Gasteiger partial charge in [0.05, 0.1) is 12.7 Å². The molecule has 1 fully saturated rings. The second-order valence-corrected chi connectivity index (χ2v) is 9.12. The highest BCUT2D eigenvalue weighted by Gasteiger charge is 2.33. The van der Waals surface area contributed by atoms with Gasteiger partial charge in [0.2, 0.25) is 5.13 Å². The summed E-state index contributed by atoms with van der Waals surface area (Å²) in [5.41, 5.74) is 0.689. The molecule has 1 aromatic carbocycles. The summed E-state index contributed by atoms with van der Waals surface area (Å²) in [7, 11) is 1.69. The van der Waals surface area contributed by atoms with Crippen molar-refractivity contribution in [3.05, 3.63) is 52.0 Å². The van der Waals surface area contributed by atoms with Gasteiger partial charge in [0.15, 0.2) is 5.82 Å². The minimum atomic E-state index is -4.86. The molecule has 200 valence electrons. The van der Waals surface area contributed by atoms with Crippen LogP contribution in [0.15, 0.2) is 24.4 Å². The first-order valence-corrected chi connectivity index (χ1v) is 12.7. The summed E-state index contributed by atoms with van der Waals surface area (Å²) < 4.78 is 43.7. The molecule has 4 rings (SSSR count). The zero-order valence-electron chi connectivity index (χ0n) is 21.2. The summed E-state index contributed by atoms with van der Waals surface area (Å²) in [5, 5.41) is 7.38. The van der Waals surface area contributed by atoms with Crippen LogP contribution in [0.4, 0.5) is 13.2 Å². The quantitative estimate of drug-likeness (QED) is 0.440. The predicted octanol–water partition coefficient (Wildman–Crippen LogP) is 4.86. The topological polar surface area (TPSA) is 102 Å². The number of hydrogen-bond donors (Lipinski definition) is 1. The SMILES string of the molecule is CC.CCN(C)C(=O)c1cnc(-n2nc(C)nc2CNC(=O)c2cc(OC(F)(F)F)cc(C3CC3)c2)s1. The lowest BCUT2D eigenvalue weighted by Crippen LogP contribution is -2.25. The normalized spacial score (nSPS) is 13.0. The van der Waals surface area contributed by atoms with E-state index in [-0.39, 0.29) is 23.9 Å². The number of amides is 2. The van der Waals surface area contributed by atoms with Crippen molar-refractivity contribution < 1.29 is 27.5 Å². The summed E-state index contributed by atoms with van der Waals surface area (Å²) in [6.45, 7) is 8.02. The summed E-state index contributed by atoms with van der Waals surface area (Å²) in [4.78, 5) is 35.8. The third-order valence-corrected chi connectivity index (χ3v) is 6.33. The number of nitrogens with zero attached hydrogens (tertiary/aromatic N) is 5. The van der Waals surface area contributed by atoms with E-state index in [2.05, 4.69) is 25.1 Å². The van der Waals surface area contributed by atoms with Gasteiger partial charge in [-0.15, -0.1) is 18.3 Å². The molecule has 1 N–H and O–H groups in total. The molecule has 0 unspecified atom stereocenters. The van der Waals surface area contributed by atoms with E-state index in [0.717, 1.165) is 30.2 Å². The van der Waals surface area contributed by atoms with Gasteiger partial charge in [-0.25, -0.2) is 9.97 Å². The lowest BCUT2D eigenvalue weighted by molar-refractivity contribution is -0.274. The van der Waals surface area contributed by atoms with Crippen LogP contribution in [0.1, 0.15) is 76.8 Å². The first-order valence-electron chi connectivity index (χ1n) is 11.9. The highest BCUT2D eigenvalue weighted by Crippen LogP contribution is 2.42. The molecule has 0 atom stereocenters. The van der Waals surface area contributed by atoms with Crippen LogP contribution in [0, 0.1) is 6.92 Å². The lowest BCUT2D eigenvalue weighted by Gasteiger charge is -2.13. The van der Waals surface area contributed by atoms with Crippen molar-refractivity contribution in [2.24, 2.45) is 0 Å². The summed E-state index contributed by atoms with van der Waals surface area (Å²) in [6.07, 6.45) is -1.69. The van der Waals surface area contributed by atoms with Gasteiger partial charge >= 0.3 is 6.36 Å². The molecule has 13 heteroatoms. The van der Waals surface area contributed by atoms with Gasteiger partial charge < -0.3 is 15.0 Å². The Morgan fingerprint density at radius 3 is 2.57 bits per heavy atom. The number of alkyl halides is 3. The average Bonchev–Trinajstić information content (AvgIpc) is 3.48. The Morgan fingerprint density at radius 1 is 1.24 bits per heavy atom. The van der Waals surface area contributed by atoms with Crippen LogP contribution in [-0.2, 0) is 6.54 Å². The Hall–Kier alpha value is -3.48. The molecule has 37 heavy (non-hydrogen) atoms. The number of hydrogen-bond acceptors (Lipinski definition) is 7. The van der Waals surface area contributed by atoms with Gasteiger partial charge in [-0.3, -0.25) is 9.59 Å². The van der Waals surface area contributed by atoms with E-state index in [4.69, 9.17) is 0 Å². The molecule has 9 nitrogen and oxygen atoms in total. The van der Waals surface area contributed by atoms with Crippen molar-refractivity contribution in [1.82, 2.24) is 30.0 Å². The van der Waals surface area contributed by atoms with Gasteiger partial charge in [-0.2, -0.15) is 4.68 Å². The van der Waals surface area contributed by atoms with Crippen molar-refractivity contribution in [1.29, 1.82) is 0 Å². The number of rotatable bonds is 8. The minimum Gasteiger partial charge on any atom is -0.406 e. The molecule has 2 heterocycles. The van der Waals surface area contributed by atoms with Crippen LogP contribution >= 0.6 is 11.3 Å². The molecular weight excluding hydrogens is 509 g/mol. The van der Waals surface area contributed by atoms with Crippen molar-refractivity contribution in [2.45, 2.75) is 59.4 Å². The summed E-state index contributed by atoms with van der Waals surface area (Å²) >= 11 is 1.14. The minimum absolute atomic E-state index is 0.0550. The predicted molar refractivity (Wildman–Crippen MR) is 132 cm³/mol. The summed E-state index contributed by atoms with van der Waals surface area (Å²) in [6, 6.07) is 3.96. The van der Waals surface area contributed by atoms with Crippen LogP contribution in [0.3, 0.4) is 0 Å². The number of carbonyl (C=O) groups excluding carboxylic acids is 2. The van der Waals surface area contributed by atoms with Crippen molar-refractivity contribution in [2.75, 3.05) is 13.6 Å². The zero-order chi connectivity index (χ0) is 27.3. The van der Waals surface area contributed by atoms with E-state index in [1.807, 2.05) is 20.8 Å². The maximum Gasteiger partial charge on any atom is 0.573 e. The Morgan fingerprint density at radius 2 is 1.95 bits per heavy atom. The van der Waals surface area contributed by atoms with Crippen LogP contribution in [0.2, 0.25) is 0 Å². The first-order chi connectivity index (χ1) is 17.5. The van der Waals surface area contributed by atoms with Crippen LogP contribution < -0.4 is 10.1 Å². The molecule has 3 aromatic rings. The highest BCUT2D eigenvalue weighted by molar-refractivity contribution is 7.16. The zero-order valence-corrected chi connectivity index (χ0v) is 22.0. The van der Waals surface area contributed by atoms with Crippen LogP contribution in [0.25, 0.3) is 5.13 Å². The Kier molecular flexibility index (Phi) is 8.89. The van der Waals surface area contributed by atoms with Gasteiger partial charge in [0, 0.05) is 19.2 Å². The van der Waals surface area contributed by atoms with E-state index in [1.54, 1.807) is 24.9 Å². The first kappa shape index (κ1) is 28.1. The number of nitrogens with one attached hydrogen (secondary N) is 1. The maximum atomic E-state index is 12.8. The fourth-order valence-corrected chi connectivity index (χ4v) is 4.26. The largest absolute Gasteiger partial charge is 0.573 e. The molecule has 0 saturated heterocycles. The van der Waals surface area contributed by atoms with E-state index in [1.165, 1.54) is 16.9 Å². The Labute approximate surface area is 216 Å². The Balaban J connectivity index is 0.00000186. The fraction of sp³-hybridized carbons (Fsp3) is 0.458. The molecule has 1 aliphatic rings. The fourth-order valence-electron chi connectivity index (χ4n) is 3.38. The van der Waals surface area contributed by atoms with Crippen molar-refractivity contribution >= 4 is 23.2 Å². The number of halogens is 3. The number of aryl methyl sites for hydroxylation is 1. The standard InChI is InChI=1S/C22H23F3N6O3S.C2H6/c1-4-30(3)20(33)17-10-27-21(35-17)31-18(28-12(2)29-31)11-26-19(32)15-7-14(13-5-6-13)8-16(9-15)34-22(23,24)25;1-2/h7-10,13H,4-6,11H2,1-3H3,(H,26,32);1-2H3. The third-order valence-electron chi connectivity index (χ3n) is 5.37. The van der Waals surface area contributed by atoms with Gasteiger partial charge in [-0.05, 0) is 56.4 Å². The highest BCUT2D eigenvalue weighted by atomic mass is 32.1. The Bertz CT molecular complexity index is 1250. The van der Waals surface area contributed by atoms with E-state index in [0.29, 0.717) is 33.8 Å². The monoisotopic (exact) mass is 538 g/mol. The molecule has 0 radical (unpaired) electrons. The van der Waals surface area contributed by atoms with E-state index >= 15 is 0 Å². The maximum absolute atomic E-state index is 12.8. The molecule has 2 amide bonds. The second kappa shape index (κ2) is 11.7. The van der Waals surface area contributed by atoms with E-state index < -0.39 is 18.0 Å². The van der Waals surface area contributed by atoms with Crippen LogP contribution in [0.5, 0.6) is 5.75 Å². The smallest absolute Gasteiger partial charge is 0.406 e. The summed E-state index contributed by atoms with van der Waals surface area (Å²) in [5.74, 6) is -0.264. The van der Waals surface area contributed by atoms with Crippen molar-refractivity contribution in [3.63, 3.8) is 0 Å². The molecule has 1 aliphatic carbocycles.